The van der Waals surface area contributed by atoms with Gasteiger partial charge in [-0.3, -0.25) is 0 Å². The molecule has 1 saturated carbocycles. The molecule has 0 saturated heterocycles. The maximum Gasteiger partial charge on any atom is 0.171 e. The molecule has 104 valence electrons. The highest BCUT2D eigenvalue weighted by atomic mass is 32.1. The van der Waals surface area contributed by atoms with Gasteiger partial charge >= 0.3 is 0 Å². The van der Waals surface area contributed by atoms with Crippen molar-refractivity contribution in [3.05, 3.63) is 29.8 Å². The summed E-state index contributed by atoms with van der Waals surface area (Å²) in [7, 11) is 1.72. The maximum atomic E-state index is 5.39. The van der Waals surface area contributed by atoms with Crippen LogP contribution in [0.1, 0.15) is 31.2 Å². The highest BCUT2D eigenvalue weighted by molar-refractivity contribution is 7.80. The summed E-state index contributed by atoms with van der Waals surface area (Å²) in [4.78, 5) is 0. The van der Waals surface area contributed by atoms with Crippen LogP contribution in [-0.2, 0) is 11.2 Å². The Morgan fingerprint density at radius 3 is 2.79 bits per heavy atom. The minimum Gasteiger partial charge on any atom is -0.384 e. The predicted molar refractivity (Wildman–Crippen MR) is 83.6 cm³/mol. The molecule has 1 fully saturated rings. The quantitative estimate of drug-likeness (QED) is 0.811. The van der Waals surface area contributed by atoms with Gasteiger partial charge in [-0.15, -0.1) is 0 Å². The van der Waals surface area contributed by atoms with Crippen molar-refractivity contribution in [2.45, 2.75) is 38.1 Å². The van der Waals surface area contributed by atoms with Crippen LogP contribution in [0.5, 0.6) is 0 Å². The SMILES string of the molecule is COCCc1ccccc1NC(=S)NC1CCCC1. The number of benzene rings is 1. The van der Waals surface area contributed by atoms with Gasteiger partial charge in [0.1, 0.15) is 0 Å². The van der Waals surface area contributed by atoms with Crippen LogP contribution in [0.25, 0.3) is 0 Å². The minimum atomic E-state index is 0.547. The highest BCUT2D eigenvalue weighted by Crippen LogP contribution is 2.19. The van der Waals surface area contributed by atoms with E-state index in [9.17, 15) is 0 Å². The van der Waals surface area contributed by atoms with Crippen LogP contribution < -0.4 is 10.6 Å². The lowest BCUT2D eigenvalue weighted by Crippen LogP contribution is -2.36. The molecule has 4 heteroatoms. The van der Waals surface area contributed by atoms with Crippen molar-refractivity contribution in [3.63, 3.8) is 0 Å². The average Bonchev–Trinajstić information content (AvgIpc) is 2.90. The Balaban J connectivity index is 1.91. The van der Waals surface area contributed by atoms with E-state index in [-0.39, 0.29) is 0 Å². The molecule has 0 heterocycles. The molecular formula is C15H22N2OS. The van der Waals surface area contributed by atoms with E-state index in [2.05, 4.69) is 22.8 Å². The summed E-state index contributed by atoms with van der Waals surface area (Å²) in [6.07, 6.45) is 5.97. The van der Waals surface area contributed by atoms with Crippen molar-refractivity contribution >= 4 is 23.0 Å². The van der Waals surface area contributed by atoms with E-state index >= 15 is 0 Å². The molecule has 1 aliphatic rings. The monoisotopic (exact) mass is 278 g/mol. The van der Waals surface area contributed by atoms with Crippen LogP contribution >= 0.6 is 12.2 Å². The molecule has 2 N–H and O–H groups in total. The number of para-hydroxylation sites is 1. The van der Waals surface area contributed by atoms with Gasteiger partial charge in [0.15, 0.2) is 5.11 Å². The van der Waals surface area contributed by atoms with E-state index in [1.165, 1.54) is 31.2 Å². The first-order valence-corrected chi connectivity index (χ1v) is 7.35. The van der Waals surface area contributed by atoms with Crippen LogP contribution in [0.2, 0.25) is 0 Å². The summed E-state index contributed by atoms with van der Waals surface area (Å²) >= 11 is 5.39. The molecule has 0 unspecified atom stereocenters. The van der Waals surface area contributed by atoms with E-state index in [1.807, 2.05) is 12.1 Å². The fraction of sp³-hybridized carbons (Fsp3) is 0.533. The molecule has 1 aromatic carbocycles. The number of hydrogen-bond acceptors (Lipinski definition) is 2. The summed E-state index contributed by atoms with van der Waals surface area (Å²) in [6, 6.07) is 8.79. The van der Waals surface area contributed by atoms with Crippen molar-refractivity contribution < 1.29 is 4.74 Å². The Kier molecular flexibility index (Phi) is 5.61. The Hall–Kier alpha value is -1.13. The van der Waals surface area contributed by atoms with Crippen molar-refractivity contribution in [3.8, 4) is 0 Å². The Labute approximate surface area is 120 Å². The number of methoxy groups -OCH3 is 1. The highest BCUT2D eigenvalue weighted by Gasteiger charge is 2.15. The van der Waals surface area contributed by atoms with Gasteiger partial charge in [0.05, 0.1) is 6.61 Å². The summed E-state index contributed by atoms with van der Waals surface area (Å²) in [5, 5.41) is 7.44. The molecule has 0 radical (unpaired) electrons. The minimum absolute atomic E-state index is 0.547. The molecule has 0 aliphatic heterocycles. The van der Waals surface area contributed by atoms with E-state index in [0.717, 1.165) is 23.8 Å². The van der Waals surface area contributed by atoms with Gasteiger partial charge in [0.2, 0.25) is 0 Å². The molecule has 0 atom stereocenters. The average molecular weight is 278 g/mol. The fourth-order valence-corrected chi connectivity index (χ4v) is 2.76. The summed E-state index contributed by atoms with van der Waals surface area (Å²) < 4.78 is 5.14. The van der Waals surface area contributed by atoms with Gasteiger partial charge in [0, 0.05) is 18.8 Å². The smallest absolute Gasteiger partial charge is 0.171 e. The molecule has 0 aromatic heterocycles. The fourth-order valence-electron chi connectivity index (χ4n) is 2.49. The lowest BCUT2D eigenvalue weighted by atomic mass is 10.1. The van der Waals surface area contributed by atoms with Gasteiger partial charge in [0.25, 0.3) is 0 Å². The molecule has 0 bridgehead atoms. The number of anilines is 1. The van der Waals surface area contributed by atoms with Gasteiger partial charge in [-0.2, -0.15) is 0 Å². The summed E-state index contributed by atoms with van der Waals surface area (Å²) in [5.41, 5.74) is 2.31. The Morgan fingerprint density at radius 1 is 1.32 bits per heavy atom. The summed E-state index contributed by atoms with van der Waals surface area (Å²) in [6.45, 7) is 0.724. The first-order chi connectivity index (χ1) is 9.29. The Bertz CT molecular complexity index is 416. The molecular weight excluding hydrogens is 256 g/mol. The van der Waals surface area contributed by atoms with E-state index < -0.39 is 0 Å². The lowest BCUT2D eigenvalue weighted by Gasteiger charge is -2.17. The zero-order valence-electron chi connectivity index (χ0n) is 11.4. The zero-order valence-corrected chi connectivity index (χ0v) is 12.3. The third-order valence-corrected chi connectivity index (χ3v) is 3.75. The normalized spacial score (nSPS) is 15.4. The molecule has 19 heavy (non-hydrogen) atoms. The Morgan fingerprint density at radius 2 is 2.05 bits per heavy atom. The van der Waals surface area contributed by atoms with Crippen molar-refractivity contribution in [2.24, 2.45) is 0 Å². The van der Waals surface area contributed by atoms with E-state index in [1.54, 1.807) is 7.11 Å². The van der Waals surface area contributed by atoms with Crippen molar-refractivity contribution in [1.29, 1.82) is 0 Å². The molecule has 1 aliphatic carbocycles. The van der Waals surface area contributed by atoms with Crippen LogP contribution in [-0.4, -0.2) is 24.9 Å². The summed E-state index contributed by atoms with van der Waals surface area (Å²) in [5.74, 6) is 0. The van der Waals surface area contributed by atoms with Crippen molar-refractivity contribution in [2.75, 3.05) is 19.0 Å². The zero-order chi connectivity index (χ0) is 13.5. The second-order valence-corrected chi connectivity index (χ2v) is 5.39. The van der Waals surface area contributed by atoms with E-state index in [4.69, 9.17) is 17.0 Å². The molecule has 1 aromatic rings. The van der Waals surface area contributed by atoms with Gasteiger partial charge in [-0.1, -0.05) is 31.0 Å². The molecule has 2 rings (SSSR count). The number of hydrogen-bond donors (Lipinski definition) is 2. The van der Waals surface area contributed by atoms with Gasteiger partial charge in [-0.25, -0.2) is 0 Å². The second-order valence-electron chi connectivity index (χ2n) is 4.98. The third-order valence-electron chi connectivity index (χ3n) is 3.53. The van der Waals surface area contributed by atoms with Crippen LogP contribution in [0.15, 0.2) is 24.3 Å². The standard InChI is InChI=1S/C15H22N2OS/c1-18-11-10-12-6-2-5-9-14(12)17-15(19)16-13-7-3-4-8-13/h2,5-6,9,13H,3-4,7-8,10-11H2,1H3,(H2,16,17,19). The van der Waals surface area contributed by atoms with E-state index in [0.29, 0.717) is 6.04 Å². The number of nitrogens with one attached hydrogen (secondary N) is 2. The van der Waals surface area contributed by atoms with Gasteiger partial charge in [-0.05, 0) is 43.1 Å². The second kappa shape index (κ2) is 7.46. The first kappa shape index (κ1) is 14.3. The molecule has 3 nitrogen and oxygen atoms in total. The van der Waals surface area contributed by atoms with Gasteiger partial charge < -0.3 is 15.4 Å². The number of thiocarbonyl (C=S) groups is 1. The third kappa shape index (κ3) is 4.48. The predicted octanol–water partition coefficient (Wildman–Crippen LogP) is 3.10. The number of rotatable bonds is 5. The first-order valence-electron chi connectivity index (χ1n) is 6.94. The molecule has 0 amide bonds. The maximum absolute atomic E-state index is 5.39. The lowest BCUT2D eigenvalue weighted by molar-refractivity contribution is 0.202. The van der Waals surface area contributed by atoms with Crippen LogP contribution in [0.4, 0.5) is 5.69 Å². The topological polar surface area (TPSA) is 33.3 Å². The molecule has 0 spiro atoms. The number of ether oxygens (including phenoxy) is 1. The van der Waals surface area contributed by atoms with Crippen LogP contribution in [0, 0.1) is 0 Å². The largest absolute Gasteiger partial charge is 0.384 e. The van der Waals surface area contributed by atoms with Crippen LogP contribution in [0.3, 0.4) is 0 Å². The van der Waals surface area contributed by atoms with Crippen molar-refractivity contribution in [1.82, 2.24) is 5.32 Å².